The van der Waals surface area contributed by atoms with Gasteiger partial charge in [0, 0.05) is 0 Å². The highest BCUT2D eigenvalue weighted by molar-refractivity contribution is 7.45. The molecule has 2 rings (SSSR count). The monoisotopic (exact) mass is 382 g/mol. The van der Waals surface area contributed by atoms with E-state index in [-0.39, 0.29) is 12.5 Å². The number of phosphoric acid groups is 1. The molecule has 1 aliphatic rings. The summed E-state index contributed by atoms with van der Waals surface area (Å²) < 4.78 is 21.3. The highest BCUT2D eigenvalue weighted by Gasteiger charge is 2.43. The van der Waals surface area contributed by atoms with Crippen molar-refractivity contribution in [2.24, 2.45) is 5.41 Å². The van der Waals surface area contributed by atoms with Crippen molar-refractivity contribution in [3.05, 3.63) is 35.9 Å². The number of carbonyl (C=O) groups is 1. The molecule has 0 saturated heterocycles. The minimum Gasteiger partial charge on any atom is -0.755 e. The molecule has 146 valence electrons. The predicted octanol–water partition coefficient (Wildman–Crippen LogP) is 3.90. The van der Waals surface area contributed by atoms with Crippen molar-refractivity contribution in [3.63, 3.8) is 0 Å². The van der Waals surface area contributed by atoms with E-state index in [2.05, 4.69) is 17.0 Å². The summed E-state index contributed by atoms with van der Waals surface area (Å²) in [6, 6.07) is 9.42. The molecule has 0 heterocycles. The van der Waals surface area contributed by atoms with Crippen molar-refractivity contribution in [1.29, 1.82) is 0 Å². The molecule has 1 aliphatic carbocycles. The second-order valence-electron chi connectivity index (χ2n) is 6.98. The van der Waals surface area contributed by atoms with Crippen molar-refractivity contribution in [2.75, 3.05) is 6.61 Å². The zero-order valence-corrected chi connectivity index (χ0v) is 16.3. The van der Waals surface area contributed by atoms with Gasteiger partial charge in [0.2, 0.25) is 5.91 Å². The van der Waals surface area contributed by atoms with Crippen LogP contribution in [0.2, 0.25) is 0 Å². The second-order valence-corrected chi connectivity index (χ2v) is 8.32. The molecule has 0 aromatic heterocycles. The van der Waals surface area contributed by atoms with E-state index in [9.17, 15) is 14.3 Å². The summed E-state index contributed by atoms with van der Waals surface area (Å²) in [4.78, 5) is 24.2. The van der Waals surface area contributed by atoms with Gasteiger partial charge in [0.15, 0.2) is 0 Å². The van der Waals surface area contributed by atoms with E-state index >= 15 is 0 Å². The van der Waals surface area contributed by atoms with E-state index in [1.807, 2.05) is 30.3 Å². The number of hydrogen-bond donors (Lipinski definition) is 1. The van der Waals surface area contributed by atoms with Crippen molar-refractivity contribution >= 4 is 13.7 Å². The van der Waals surface area contributed by atoms with Crippen LogP contribution >= 0.6 is 7.82 Å². The largest absolute Gasteiger partial charge is 0.755 e. The van der Waals surface area contributed by atoms with E-state index in [4.69, 9.17) is 4.52 Å². The molecular formula is C19H29NO5P-. The summed E-state index contributed by atoms with van der Waals surface area (Å²) in [5.41, 5.74) is 2.61. The number of rotatable bonds is 12. The molecule has 26 heavy (non-hydrogen) atoms. The van der Waals surface area contributed by atoms with Gasteiger partial charge in [-0.2, -0.15) is 0 Å². The lowest BCUT2D eigenvalue weighted by molar-refractivity contribution is -0.232. The van der Waals surface area contributed by atoms with Crippen molar-refractivity contribution in [3.8, 4) is 0 Å². The molecule has 0 aliphatic heterocycles. The van der Waals surface area contributed by atoms with Crippen LogP contribution in [0.25, 0.3) is 0 Å². The molecule has 1 amide bonds. The Balaban J connectivity index is 1.72. The van der Waals surface area contributed by atoms with Gasteiger partial charge in [-0.05, 0) is 31.2 Å². The third-order valence-corrected chi connectivity index (χ3v) is 5.85. The van der Waals surface area contributed by atoms with E-state index in [1.165, 1.54) is 0 Å². The second kappa shape index (κ2) is 10.2. The van der Waals surface area contributed by atoms with Crippen LogP contribution in [-0.2, 0) is 24.9 Å². The molecule has 7 heteroatoms. The average Bonchev–Trinajstić information content (AvgIpc) is 2.59. The topological polar surface area (TPSA) is 87.7 Å². The SMILES string of the molecule is CCCCCCC1(C(=O)NOP(=O)([O-])OCCc2ccccc2)CCC1. The summed E-state index contributed by atoms with van der Waals surface area (Å²) in [6.45, 7) is 2.12. The fraction of sp³-hybridized carbons (Fsp3) is 0.632. The first-order chi connectivity index (χ1) is 12.5. The van der Waals surface area contributed by atoms with Crippen molar-refractivity contribution in [2.45, 2.75) is 64.7 Å². The summed E-state index contributed by atoms with van der Waals surface area (Å²) in [5.74, 6) is -0.344. The molecule has 1 atom stereocenters. The van der Waals surface area contributed by atoms with Crippen LogP contribution in [0.1, 0.15) is 63.9 Å². The summed E-state index contributed by atoms with van der Waals surface area (Å²) in [6.07, 6.45) is 8.15. The third kappa shape index (κ3) is 6.51. The van der Waals surface area contributed by atoms with Gasteiger partial charge in [-0.1, -0.05) is 69.4 Å². The smallest absolute Gasteiger partial charge is 0.290 e. The summed E-state index contributed by atoms with van der Waals surface area (Å²) in [5, 5.41) is 0. The Morgan fingerprint density at radius 2 is 1.96 bits per heavy atom. The fourth-order valence-electron chi connectivity index (χ4n) is 3.24. The number of hydroxylamine groups is 1. The number of carbonyl (C=O) groups excluding carboxylic acids is 1. The Morgan fingerprint density at radius 3 is 2.58 bits per heavy atom. The molecule has 1 saturated carbocycles. The fourth-order valence-corrected chi connectivity index (χ4v) is 3.80. The molecule has 0 radical (unpaired) electrons. The Labute approximate surface area is 155 Å². The molecule has 1 unspecified atom stereocenters. The van der Waals surface area contributed by atoms with E-state index < -0.39 is 13.2 Å². The van der Waals surface area contributed by atoms with Crippen LogP contribution in [0.4, 0.5) is 0 Å². The van der Waals surface area contributed by atoms with E-state index in [0.29, 0.717) is 6.42 Å². The van der Waals surface area contributed by atoms with E-state index in [1.54, 1.807) is 0 Å². The normalized spacial score (nSPS) is 17.9. The van der Waals surface area contributed by atoms with Gasteiger partial charge in [0.05, 0.1) is 12.0 Å². The van der Waals surface area contributed by atoms with Gasteiger partial charge in [-0.15, -0.1) is 0 Å². The molecule has 6 nitrogen and oxygen atoms in total. The zero-order valence-electron chi connectivity index (χ0n) is 15.4. The molecule has 1 aromatic carbocycles. The Morgan fingerprint density at radius 1 is 1.23 bits per heavy atom. The molecule has 0 spiro atoms. The molecule has 0 bridgehead atoms. The minimum absolute atomic E-state index is 0.0250. The maximum Gasteiger partial charge on any atom is 0.290 e. The highest BCUT2D eigenvalue weighted by atomic mass is 31.2. The lowest BCUT2D eigenvalue weighted by Gasteiger charge is -2.40. The maximum atomic E-state index is 12.4. The number of hydrogen-bond acceptors (Lipinski definition) is 5. The van der Waals surface area contributed by atoms with Gasteiger partial charge in [-0.25, -0.2) is 10.1 Å². The first-order valence-corrected chi connectivity index (χ1v) is 10.9. The lowest BCUT2D eigenvalue weighted by atomic mass is 9.65. The first-order valence-electron chi connectivity index (χ1n) is 9.46. The Bertz CT molecular complexity index is 603. The lowest BCUT2D eigenvalue weighted by Crippen LogP contribution is -2.45. The van der Waals surface area contributed by atoms with Gasteiger partial charge in [-0.3, -0.25) is 9.36 Å². The van der Waals surface area contributed by atoms with Crippen LogP contribution in [0.3, 0.4) is 0 Å². The van der Waals surface area contributed by atoms with Crippen LogP contribution in [0.15, 0.2) is 30.3 Å². The zero-order chi connectivity index (χ0) is 18.9. The quantitative estimate of drug-likeness (QED) is 0.336. The van der Waals surface area contributed by atoms with Crippen LogP contribution in [0.5, 0.6) is 0 Å². The highest BCUT2D eigenvalue weighted by Crippen LogP contribution is 2.46. The van der Waals surface area contributed by atoms with Crippen LogP contribution in [-0.4, -0.2) is 12.5 Å². The van der Waals surface area contributed by atoms with Gasteiger partial charge < -0.3 is 9.42 Å². The standard InChI is InChI=1S/C19H30NO5P/c1-2-3-4-8-13-19(14-9-15-19)18(21)20-25-26(22,23)24-16-12-17-10-6-5-7-11-17/h5-7,10-11H,2-4,8-9,12-16H2,1H3,(H,20,21)(H,22,23)/p-1. The first kappa shape index (κ1) is 21.1. The van der Waals surface area contributed by atoms with Crippen molar-refractivity contribution < 1.29 is 23.4 Å². The summed E-state index contributed by atoms with van der Waals surface area (Å²) >= 11 is 0. The Hall–Kier alpha value is -1.20. The maximum absolute atomic E-state index is 12.4. The van der Waals surface area contributed by atoms with Crippen molar-refractivity contribution in [1.82, 2.24) is 5.48 Å². The van der Waals surface area contributed by atoms with Gasteiger partial charge in [0.1, 0.15) is 0 Å². The number of nitrogens with one attached hydrogen (secondary N) is 1. The molecule has 1 fully saturated rings. The third-order valence-electron chi connectivity index (χ3n) is 5.03. The molecular weight excluding hydrogens is 353 g/mol. The molecule has 1 aromatic rings. The summed E-state index contributed by atoms with van der Waals surface area (Å²) in [7, 11) is -4.56. The number of amides is 1. The van der Waals surface area contributed by atoms with Gasteiger partial charge >= 0.3 is 0 Å². The van der Waals surface area contributed by atoms with Gasteiger partial charge in [0.25, 0.3) is 7.82 Å². The minimum atomic E-state index is -4.56. The van der Waals surface area contributed by atoms with Crippen LogP contribution in [0, 0.1) is 5.41 Å². The average molecular weight is 382 g/mol. The van der Waals surface area contributed by atoms with Crippen LogP contribution < -0.4 is 10.4 Å². The number of benzene rings is 1. The number of unbranched alkanes of at least 4 members (excludes halogenated alkanes) is 3. The molecule has 1 N–H and O–H groups in total. The Kier molecular flexibility index (Phi) is 8.29. The van der Waals surface area contributed by atoms with E-state index in [0.717, 1.165) is 56.9 Å². The predicted molar refractivity (Wildman–Crippen MR) is 98.0 cm³/mol. The number of phosphoric ester groups is 1.